The highest BCUT2D eigenvalue weighted by atomic mass is 16.6. The number of alkyl carbamates (subject to hydrolysis) is 1. The maximum atomic E-state index is 14.8. The number of nitrogens with zero attached hydrogens (tertiary/aromatic N) is 1. The van der Waals surface area contributed by atoms with E-state index in [0.717, 1.165) is 24.8 Å². The van der Waals surface area contributed by atoms with E-state index in [9.17, 15) is 19.2 Å². The van der Waals surface area contributed by atoms with Crippen molar-refractivity contribution in [1.29, 1.82) is 0 Å². The van der Waals surface area contributed by atoms with Crippen LogP contribution in [-0.4, -0.2) is 58.6 Å². The third kappa shape index (κ3) is 13.6. The summed E-state index contributed by atoms with van der Waals surface area (Å²) in [5, 5.41) is 5.74. The SMILES string of the molecule is C#Cc1ccccc1C(C(=O)NC(Cc1ccccc1)C(=O)OC(C)(C)C)N(CCCCCC)C(=O)C(NC(=O)OC(C)(C)C)C(C)CC. The lowest BCUT2D eigenvalue weighted by Gasteiger charge is -2.37. The van der Waals surface area contributed by atoms with Crippen LogP contribution in [0.25, 0.3) is 0 Å². The van der Waals surface area contributed by atoms with Gasteiger partial charge in [-0.2, -0.15) is 0 Å². The Bertz CT molecular complexity index is 1420. The van der Waals surface area contributed by atoms with Crippen molar-refractivity contribution >= 4 is 23.9 Å². The van der Waals surface area contributed by atoms with Gasteiger partial charge in [-0.15, -0.1) is 6.42 Å². The first-order chi connectivity index (χ1) is 23.0. The van der Waals surface area contributed by atoms with Crippen molar-refractivity contribution in [1.82, 2.24) is 15.5 Å². The first-order valence-corrected chi connectivity index (χ1v) is 17.4. The smallest absolute Gasteiger partial charge is 0.408 e. The molecular weight excluding hydrogens is 618 g/mol. The summed E-state index contributed by atoms with van der Waals surface area (Å²) >= 11 is 0. The summed E-state index contributed by atoms with van der Waals surface area (Å²) in [7, 11) is 0. The highest BCUT2D eigenvalue weighted by Crippen LogP contribution is 2.28. The maximum absolute atomic E-state index is 14.8. The maximum Gasteiger partial charge on any atom is 0.408 e. The Morgan fingerprint density at radius 3 is 2.02 bits per heavy atom. The predicted molar refractivity (Wildman–Crippen MR) is 194 cm³/mol. The normalized spacial score (nSPS) is 14.0. The predicted octanol–water partition coefficient (Wildman–Crippen LogP) is 7.13. The Morgan fingerprint density at radius 2 is 1.45 bits per heavy atom. The Hall–Kier alpha value is -4.32. The fourth-order valence-electron chi connectivity index (χ4n) is 5.36. The molecule has 2 rings (SSSR count). The number of benzene rings is 2. The fraction of sp³-hybridized carbons (Fsp3) is 0.550. The quantitative estimate of drug-likeness (QED) is 0.111. The van der Waals surface area contributed by atoms with E-state index in [1.807, 2.05) is 44.2 Å². The van der Waals surface area contributed by atoms with Crippen LogP contribution in [0.5, 0.6) is 0 Å². The molecule has 49 heavy (non-hydrogen) atoms. The largest absolute Gasteiger partial charge is 0.458 e. The molecule has 2 aromatic rings. The van der Waals surface area contributed by atoms with Crippen LogP contribution in [0.2, 0.25) is 0 Å². The fourth-order valence-corrected chi connectivity index (χ4v) is 5.36. The van der Waals surface area contributed by atoms with E-state index in [0.29, 0.717) is 24.0 Å². The van der Waals surface area contributed by atoms with Gasteiger partial charge in [0, 0.05) is 18.5 Å². The van der Waals surface area contributed by atoms with Crippen LogP contribution >= 0.6 is 0 Å². The van der Waals surface area contributed by atoms with Crippen LogP contribution < -0.4 is 10.6 Å². The monoisotopic (exact) mass is 675 g/mol. The van der Waals surface area contributed by atoms with Gasteiger partial charge in [-0.3, -0.25) is 9.59 Å². The lowest BCUT2D eigenvalue weighted by atomic mass is 9.93. The van der Waals surface area contributed by atoms with Crippen LogP contribution in [0.4, 0.5) is 4.79 Å². The third-order valence-corrected chi connectivity index (χ3v) is 7.95. The zero-order chi connectivity index (χ0) is 36.8. The van der Waals surface area contributed by atoms with E-state index >= 15 is 0 Å². The second kappa shape index (κ2) is 19.0. The van der Waals surface area contributed by atoms with Gasteiger partial charge in [-0.05, 0) is 71.1 Å². The number of carbonyl (C=O) groups excluding carboxylic acids is 4. The number of terminal acetylenes is 1. The van der Waals surface area contributed by atoms with Crippen LogP contribution in [0, 0.1) is 18.3 Å². The minimum atomic E-state index is -1.21. The molecule has 4 unspecified atom stereocenters. The van der Waals surface area contributed by atoms with Crippen LogP contribution in [0.3, 0.4) is 0 Å². The standard InChI is InChI=1S/C40H57N3O6/c1-11-14-15-21-26-43(36(45)33(28(4)12-2)42-38(47)49-40(8,9)10)34(31-25-20-19-24-30(31)13-3)35(44)41-32(37(46)48-39(5,6)7)27-29-22-17-16-18-23-29/h3,16-20,22-25,28,32-34H,11-12,14-15,21,26-27H2,1-2,4-10H3,(H,41,44)(H,42,47). The molecular formula is C40H57N3O6. The first kappa shape index (κ1) is 40.9. The van der Waals surface area contributed by atoms with E-state index in [2.05, 4.69) is 23.5 Å². The summed E-state index contributed by atoms with van der Waals surface area (Å²) in [5.41, 5.74) is 0.117. The molecule has 0 fully saturated rings. The summed E-state index contributed by atoms with van der Waals surface area (Å²) in [6.07, 6.45) is 9.33. The minimum Gasteiger partial charge on any atom is -0.458 e. The molecule has 9 heteroatoms. The number of amides is 3. The van der Waals surface area contributed by atoms with E-state index in [1.165, 1.54) is 4.90 Å². The second-order valence-electron chi connectivity index (χ2n) is 14.5. The van der Waals surface area contributed by atoms with Gasteiger partial charge in [0.05, 0.1) is 0 Å². The second-order valence-corrected chi connectivity index (χ2v) is 14.5. The van der Waals surface area contributed by atoms with E-state index in [4.69, 9.17) is 15.9 Å². The summed E-state index contributed by atoms with van der Waals surface area (Å²) in [5.74, 6) is 0.749. The van der Waals surface area contributed by atoms with Crippen molar-refractivity contribution in [2.24, 2.45) is 5.92 Å². The average molecular weight is 676 g/mol. The number of unbranched alkanes of at least 4 members (excludes halogenated alkanes) is 3. The van der Waals surface area contributed by atoms with Crippen molar-refractivity contribution < 1.29 is 28.7 Å². The van der Waals surface area contributed by atoms with E-state index in [1.54, 1.807) is 65.8 Å². The Kier molecular flexibility index (Phi) is 15.9. The molecule has 2 aromatic carbocycles. The van der Waals surface area contributed by atoms with Gasteiger partial charge in [0.25, 0.3) is 0 Å². The highest BCUT2D eigenvalue weighted by molar-refractivity contribution is 5.94. The lowest BCUT2D eigenvalue weighted by molar-refractivity contribution is -0.159. The first-order valence-electron chi connectivity index (χ1n) is 17.4. The van der Waals surface area contributed by atoms with Gasteiger partial charge in [0.2, 0.25) is 11.8 Å². The van der Waals surface area contributed by atoms with Crippen LogP contribution in [0.1, 0.15) is 117 Å². The Morgan fingerprint density at radius 1 is 0.837 bits per heavy atom. The molecule has 4 atom stereocenters. The van der Waals surface area contributed by atoms with E-state index in [-0.39, 0.29) is 18.9 Å². The van der Waals surface area contributed by atoms with Gasteiger partial charge in [0.1, 0.15) is 29.3 Å². The third-order valence-electron chi connectivity index (χ3n) is 7.95. The molecule has 0 aliphatic rings. The summed E-state index contributed by atoms with van der Waals surface area (Å²) in [6, 6.07) is 13.0. The number of nitrogens with one attached hydrogen (secondary N) is 2. The molecule has 2 N–H and O–H groups in total. The van der Waals surface area contributed by atoms with Crippen molar-refractivity contribution in [3.63, 3.8) is 0 Å². The van der Waals surface area contributed by atoms with Crippen molar-refractivity contribution in [2.45, 2.75) is 130 Å². The Labute approximate surface area is 293 Å². The molecule has 9 nitrogen and oxygen atoms in total. The molecule has 0 aliphatic carbocycles. The van der Waals surface area contributed by atoms with Gasteiger partial charge in [-0.1, -0.05) is 101 Å². The summed E-state index contributed by atoms with van der Waals surface area (Å²) < 4.78 is 11.3. The topological polar surface area (TPSA) is 114 Å². The van der Waals surface area contributed by atoms with Crippen molar-refractivity contribution in [2.75, 3.05) is 6.54 Å². The minimum absolute atomic E-state index is 0.172. The highest BCUT2D eigenvalue weighted by Gasteiger charge is 2.40. The molecule has 0 aromatic heterocycles. The number of hydrogen-bond acceptors (Lipinski definition) is 6. The average Bonchev–Trinajstić information content (AvgIpc) is 3.03. The van der Waals surface area contributed by atoms with Gasteiger partial charge in [0.15, 0.2) is 0 Å². The molecule has 0 bridgehead atoms. The molecule has 0 aliphatic heterocycles. The van der Waals surface area contributed by atoms with Gasteiger partial charge < -0.3 is 25.0 Å². The van der Waals surface area contributed by atoms with Crippen LogP contribution in [0.15, 0.2) is 54.6 Å². The van der Waals surface area contributed by atoms with Crippen molar-refractivity contribution in [3.05, 3.63) is 71.3 Å². The Balaban J connectivity index is 2.71. The number of hydrogen-bond donors (Lipinski definition) is 2. The molecule has 3 amide bonds. The van der Waals surface area contributed by atoms with Crippen LogP contribution in [-0.2, 0) is 30.3 Å². The number of esters is 1. The molecule has 0 spiro atoms. The van der Waals surface area contributed by atoms with Gasteiger partial charge in [-0.25, -0.2) is 9.59 Å². The van der Waals surface area contributed by atoms with E-state index < -0.39 is 53.2 Å². The summed E-state index contributed by atoms with van der Waals surface area (Å²) in [4.78, 5) is 57.6. The zero-order valence-corrected chi connectivity index (χ0v) is 30.9. The number of rotatable bonds is 16. The molecule has 0 radical (unpaired) electrons. The molecule has 0 saturated heterocycles. The lowest BCUT2D eigenvalue weighted by Crippen LogP contribution is -2.56. The zero-order valence-electron chi connectivity index (χ0n) is 30.9. The van der Waals surface area contributed by atoms with Crippen molar-refractivity contribution in [3.8, 4) is 12.3 Å². The number of ether oxygens (including phenoxy) is 2. The summed E-state index contributed by atoms with van der Waals surface area (Å²) in [6.45, 7) is 16.7. The molecule has 0 saturated carbocycles. The molecule has 268 valence electrons. The number of carbonyl (C=O) groups is 4. The molecule has 0 heterocycles. The van der Waals surface area contributed by atoms with Gasteiger partial charge >= 0.3 is 12.1 Å².